The van der Waals surface area contributed by atoms with Crippen LogP contribution in [0.2, 0.25) is 0 Å². The molecule has 0 saturated carbocycles. The molecule has 0 aromatic heterocycles. The number of halogens is 2. The Morgan fingerprint density at radius 3 is 2.11 bits per heavy atom. The lowest BCUT2D eigenvalue weighted by Gasteiger charge is -2.17. The van der Waals surface area contributed by atoms with Crippen LogP contribution >= 0.6 is 23.2 Å². The zero-order valence-corrected chi connectivity index (χ0v) is 6.28. The number of nitrogens with two attached hydrogens (primary N) is 1. The van der Waals surface area contributed by atoms with Crippen molar-refractivity contribution in [2.45, 2.75) is 17.3 Å². The van der Waals surface area contributed by atoms with E-state index in [2.05, 4.69) is 0 Å². The molecule has 0 rings (SSSR count). The maximum Gasteiger partial charge on any atom is 0.341 e. The zero-order chi connectivity index (χ0) is 7.65. The second kappa shape index (κ2) is 2.73. The highest BCUT2D eigenvalue weighted by atomic mass is 35.5. The Morgan fingerprint density at radius 1 is 1.78 bits per heavy atom. The molecular formula is C4H7Cl2NO2. The van der Waals surface area contributed by atoms with Crippen molar-refractivity contribution in [3.63, 3.8) is 0 Å². The average molecular weight is 172 g/mol. The van der Waals surface area contributed by atoms with Gasteiger partial charge in [0.15, 0.2) is 0 Å². The molecule has 0 aromatic rings. The van der Waals surface area contributed by atoms with Gasteiger partial charge in [-0.05, 0) is 6.92 Å². The summed E-state index contributed by atoms with van der Waals surface area (Å²) in [5.74, 6) is -1.32. The summed E-state index contributed by atoms with van der Waals surface area (Å²) in [6.07, 6.45) is 0. The highest BCUT2D eigenvalue weighted by Crippen LogP contribution is 2.23. The normalized spacial score (nSPS) is 15.1. The van der Waals surface area contributed by atoms with E-state index in [1.807, 2.05) is 0 Å². The van der Waals surface area contributed by atoms with Crippen LogP contribution in [0.5, 0.6) is 0 Å². The third kappa shape index (κ3) is 2.01. The first-order valence-corrected chi connectivity index (χ1v) is 3.01. The van der Waals surface area contributed by atoms with E-state index in [4.69, 9.17) is 34.0 Å². The first-order chi connectivity index (χ1) is 3.89. The van der Waals surface area contributed by atoms with E-state index in [1.165, 1.54) is 6.92 Å². The van der Waals surface area contributed by atoms with Crippen LogP contribution in [-0.2, 0) is 4.79 Å². The van der Waals surface area contributed by atoms with E-state index < -0.39 is 16.3 Å². The molecule has 0 fully saturated rings. The summed E-state index contributed by atoms with van der Waals surface area (Å²) < 4.78 is -1.86. The van der Waals surface area contributed by atoms with Gasteiger partial charge < -0.3 is 10.8 Å². The van der Waals surface area contributed by atoms with Crippen LogP contribution in [0.15, 0.2) is 0 Å². The summed E-state index contributed by atoms with van der Waals surface area (Å²) in [5, 5.41) is 8.27. The first kappa shape index (κ1) is 9.01. The molecule has 0 aliphatic heterocycles. The molecule has 0 saturated heterocycles. The van der Waals surface area contributed by atoms with Crippen molar-refractivity contribution in [2.24, 2.45) is 5.73 Å². The van der Waals surface area contributed by atoms with Crippen LogP contribution < -0.4 is 5.73 Å². The monoisotopic (exact) mass is 171 g/mol. The fourth-order valence-corrected chi connectivity index (χ4v) is 0.195. The number of carboxylic acid groups (broad SMARTS) is 1. The number of carboxylic acids is 1. The van der Waals surface area contributed by atoms with Crippen LogP contribution in [0, 0.1) is 0 Å². The first-order valence-electron chi connectivity index (χ1n) is 2.26. The van der Waals surface area contributed by atoms with E-state index in [-0.39, 0.29) is 0 Å². The molecule has 0 heterocycles. The fourth-order valence-electron chi connectivity index (χ4n) is 0.195. The number of alkyl halides is 2. The lowest BCUT2D eigenvalue weighted by molar-refractivity contribution is -0.138. The topological polar surface area (TPSA) is 63.3 Å². The van der Waals surface area contributed by atoms with Gasteiger partial charge in [-0.2, -0.15) is 0 Å². The van der Waals surface area contributed by atoms with Crippen molar-refractivity contribution < 1.29 is 9.90 Å². The van der Waals surface area contributed by atoms with Crippen molar-refractivity contribution in [1.82, 2.24) is 0 Å². The van der Waals surface area contributed by atoms with Crippen LogP contribution in [0.3, 0.4) is 0 Å². The molecule has 9 heavy (non-hydrogen) atoms. The lowest BCUT2D eigenvalue weighted by Crippen LogP contribution is -2.42. The number of rotatable bonds is 2. The molecule has 54 valence electrons. The van der Waals surface area contributed by atoms with Gasteiger partial charge in [-0.15, -0.1) is 0 Å². The van der Waals surface area contributed by atoms with Crippen LogP contribution in [0.1, 0.15) is 6.92 Å². The highest BCUT2D eigenvalue weighted by Gasteiger charge is 2.37. The Morgan fingerprint density at radius 2 is 2.11 bits per heavy atom. The summed E-state index contributed by atoms with van der Waals surface area (Å²) in [6, 6.07) is -0.779. The number of carbonyl (C=O) groups is 1. The number of aliphatic carboxylic acids is 1. The molecule has 1 unspecified atom stereocenters. The van der Waals surface area contributed by atoms with Gasteiger partial charge in [-0.25, -0.2) is 4.79 Å². The van der Waals surface area contributed by atoms with Crippen molar-refractivity contribution >= 4 is 29.2 Å². The van der Waals surface area contributed by atoms with Crippen molar-refractivity contribution in [3.05, 3.63) is 0 Å². The van der Waals surface area contributed by atoms with E-state index in [9.17, 15) is 4.79 Å². The molecular weight excluding hydrogens is 165 g/mol. The smallest absolute Gasteiger partial charge is 0.341 e. The Balaban J connectivity index is 4.19. The Hall–Kier alpha value is 0.01000. The Kier molecular flexibility index (Phi) is 2.73. The number of hydrogen-bond acceptors (Lipinski definition) is 2. The van der Waals surface area contributed by atoms with E-state index in [1.54, 1.807) is 0 Å². The molecule has 3 nitrogen and oxygen atoms in total. The highest BCUT2D eigenvalue weighted by molar-refractivity contribution is 6.57. The van der Waals surface area contributed by atoms with Crippen LogP contribution in [0.4, 0.5) is 0 Å². The molecule has 5 heteroatoms. The standard InChI is InChI=1S/C4H7Cl2NO2/c1-2(7)4(5,6)3(8)9/h2H,7H2,1H3,(H,8,9). The van der Waals surface area contributed by atoms with Crippen molar-refractivity contribution in [3.8, 4) is 0 Å². The van der Waals surface area contributed by atoms with Crippen LogP contribution in [-0.4, -0.2) is 21.5 Å². The van der Waals surface area contributed by atoms with Gasteiger partial charge in [-0.1, -0.05) is 23.2 Å². The van der Waals surface area contributed by atoms with Gasteiger partial charge in [0.1, 0.15) is 0 Å². The summed E-state index contributed by atoms with van der Waals surface area (Å²) in [5.41, 5.74) is 5.13. The van der Waals surface area contributed by atoms with E-state index >= 15 is 0 Å². The molecule has 3 N–H and O–H groups in total. The number of hydrogen-bond donors (Lipinski definition) is 2. The average Bonchev–Trinajstić information content (AvgIpc) is 1.65. The van der Waals surface area contributed by atoms with Crippen molar-refractivity contribution in [2.75, 3.05) is 0 Å². The summed E-state index contributed by atoms with van der Waals surface area (Å²) in [7, 11) is 0. The Bertz CT molecular complexity index is 124. The second-order valence-electron chi connectivity index (χ2n) is 1.72. The zero-order valence-electron chi connectivity index (χ0n) is 4.77. The lowest BCUT2D eigenvalue weighted by atomic mass is 10.2. The minimum Gasteiger partial charge on any atom is -0.479 e. The van der Waals surface area contributed by atoms with Gasteiger partial charge in [0.05, 0.1) is 0 Å². The molecule has 0 amide bonds. The molecule has 0 aliphatic rings. The molecule has 1 atom stereocenters. The second-order valence-corrected chi connectivity index (χ2v) is 3.10. The molecule has 0 spiro atoms. The minimum absolute atomic E-state index is 0.779. The van der Waals surface area contributed by atoms with Crippen LogP contribution in [0.25, 0.3) is 0 Å². The molecule has 0 aromatic carbocycles. The van der Waals surface area contributed by atoms with Gasteiger partial charge in [0.25, 0.3) is 0 Å². The molecule has 0 radical (unpaired) electrons. The fraction of sp³-hybridized carbons (Fsp3) is 0.750. The SMILES string of the molecule is CC(N)C(Cl)(Cl)C(=O)O. The summed E-state index contributed by atoms with van der Waals surface area (Å²) in [4.78, 5) is 10.1. The Labute approximate surface area is 62.7 Å². The third-order valence-corrected chi connectivity index (χ3v) is 1.87. The van der Waals surface area contributed by atoms with Crippen molar-refractivity contribution in [1.29, 1.82) is 0 Å². The molecule has 0 aliphatic carbocycles. The minimum atomic E-state index is -1.86. The van der Waals surface area contributed by atoms with Gasteiger partial charge in [0.2, 0.25) is 4.33 Å². The van der Waals surface area contributed by atoms with Gasteiger partial charge in [-0.3, -0.25) is 0 Å². The largest absolute Gasteiger partial charge is 0.479 e. The maximum atomic E-state index is 10.1. The predicted octanol–water partition coefficient (Wildman–Crippen LogP) is 0.592. The maximum absolute atomic E-state index is 10.1. The molecule has 0 bridgehead atoms. The quantitative estimate of drug-likeness (QED) is 0.599. The predicted molar refractivity (Wildman–Crippen MR) is 35.7 cm³/mol. The van der Waals surface area contributed by atoms with E-state index in [0.717, 1.165) is 0 Å². The van der Waals surface area contributed by atoms with E-state index in [0.29, 0.717) is 0 Å². The van der Waals surface area contributed by atoms with Gasteiger partial charge >= 0.3 is 5.97 Å². The summed E-state index contributed by atoms with van der Waals surface area (Å²) >= 11 is 10.5. The van der Waals surface area contributed by atoms with Gasteiger partial charge in [0, 0.05) is 6.04 Å². The third-order valence-electron chi connectivity index (χ3n) is 0.857. The summed E-state index contributed by atoms with van der Waals surface area (Å²) in [6.45, 7) is 1.42.